The van der Waals surface area contributed by atoms with Crippen LogP contribution in [-0.4, -0.2) is 9.97 Å². The summed E-state index contributed by atoms with van der Waals surface area (Å²) in [5, 5.41) is 0. The molecule has 1 aromatic carbocycles. The quantitative estimate of drug-likeness (QED) is 0.665. The predicted molar refractivity (Wildman–Crippen MR) is 90.3 cm³/mol. The van der Waals surface area contributed by atoms with Gasteiger partial charge in [-0.1, -0.05) is 19.1 Å². The van der Waals surface area contributed by atoms with Gasteiger partial charge in [-0.25, -0.2) is 9.37 Å². The van der Waals surface area contributed by atoms with Crippen molar-refractivity contribution < 1.29 is 8.81 Å². The van der Waals surface area contributed by atoms with Gasteiger partial charge in [0.15, 0.2) is 0 Å². The average Bonchev–Trinajstić information content (AvgIpc) is 2.99. The van der Waals surface area contributed by atoms with Crippen molar-refractivity contribution in [1.82, 2.24) is 9.97 Å². The van der Waals surface area contributed by atoms with E-state index in [4.69, 9.17) is 4.42 Å². The lowest BCUT2D eigenvalue weighted by molar-refractivity contribution is 0.430. The number of halogens is 1. The van der Waals surface area contributed by atoms with Crippen LogP contribution >= 0.6 is 0 Å². The molecule has 0 N–H and O–H groups in total. The first-order valence-corrected chi connectivity index (χ1v) is 8.28. The first kappa shape index (κ1) is 15.1. The van der Waals surface area contributed by atoms with Crippen LogP contribution in [0.1, 0.15) is 47.8 Å². The van der Waals surface area contributed by atoms with E-state index in [9.17, 15) is 4.39 Å². The number of hydrogen-bond donors (Lipinski definition) is 0. The number of pyridine rings is 1. The number of rotatable bonds is 2. The smallest absolute Gasteiger partial charge is 0.245 e. The average molecular weight is 322 g/mol. The third kappa shape index (κ3) is 2.73. The largest absolute Gasteiger partial charge is 0.440 e. The Morgan fingerprint density at radius 2 is 2.08 bits per heavy atom. The Morgan fingerprint density at radius 3 is 2.83 bits per heavy atom. The highest BCUT2D eigenvalue weighted by Crippen LogP contribution is 2.41. The predicted octanol–water partition coefficient (Wildman–Crippen LogP) is 5.02. The maximum absolute atomic E-state index is 13.8. The van der Waals surface area contributed by atoms with Crippen LogP contribution in [0.5, 0.6) is 0 Å². The van der Waals surface area contributed by atoms with Gasteiger partial charge >= 0.3 is 0 Å². The molecule has 3 nitrogen and oxygen atoms in total. The standard InChI is InChI=1S/C20H19FN2O/c1-12-7-14(10-16(21)8-12)15-9-13(2)19-18(11-15)24-20(23-19)17-5-3-4-6-22-17/h3-8,10,13,15H,9,11H2,1-2H3. The van der Waals surface area contributed by atoms with E-state index in [2.05, 4.69) is 23.0 Å². The summed E-state index contributed by atoms with van der Waals surface area (Å²) in [6.07, 6.45) is 3.44. The van der Waals surface area contributed by atoms with E-state index in [-0.39, 0.29) is 17.7 Å². The minimum atomic E-state index is -0.171. The van der Waals surface area contributed by atoms with Crippen molar-refractivity contribution in [3.63, 3.8) is 0 Å². The minimum absolute atomic E-state index is 0.171. The molecule has 0 bridgehead atoms. The van der Waals surface area contributed by atoms with Crippen LogP contribution in [0.3, 0.4) is 0 Å². The summed E-state index contributed by atoms with van der Waals surface area (Å²) in [7, 11) is 0. The Labute approximate surface area is 140 Å². The summed E-state index contributed by atoms with van der Waals surface area (Å²) < 4.78 is 19.8. The van der Waals surface area contributed by atoms with Crippen molar-refractivity contribution in [3.05, 3.63) is 71.0 Å². The lowest BCUT2D eigenvalue weighted by Gasteiger charge is -2.25. The summed E-state index contributed by atoms with van der Waals surface area (Å²) in [4.78, 5) is 8.97. The van der Waals surface area contributed by atoms with Gasteiger partial charge in [0.25, 0.3) is 0 Å². The molecule has 122 valence electrons. The van der Waals surface area contributed by atoms with Crippen LogP contribution in [0, 0.1) is 12.7 Å². The van der Waals surface area contributed by atoms with Crippen LogP contribution < -0.4 is 0 Å². The zero-order valence-corrected chi connectivity index (χ0v) is 13.8. The first-order valence-electron chi connectivity index (χ1n) is 8.28. The highest BCUT2D eigenvalue weighted by molar-refractivity contribution is 5.48. The van der Waals surface area contributed by atoms with E-state index < -0.39 is 0 Å². The number of fused-ring (bicyclic) bond motifs is 1. The molecule has 2 heterocycles. The van der Waals surface area contributed by atoms with Gasteiger partial charge in [0, 0.05) is 18.5 Å². The molecule has 0 radical (unpaired) electrons. The molecule has 0 spiro atoms. The zero-order valence-electron chi connectivity index (χ0n) is 13.8. The second-order valence-electron chi connectivity index (χ2n) is 6.64. The van der Waals surface area contributed by atoms with Crippen molar-refractivity contribution >= 4 is 0 Å². The molecule has 3 aromatic rings. The first-order chi connectivity index (χ1) is 11.6. The topological polar surface area (TPSA) is 38.9 Å². The molecule has 2 atom stereocenters. The summed E-state index contributed by atoms with van der Waals surface area (Å²) in [6, 6.07) is 11.0. The summed E-state index contributed by atoms with van der Waals surface area (Å²) in [5.74, 6) is 1.84. The third-order valence-corrected chi connectivity index (χ3v) is 4.68. The molecule has 0 saturated carbocycles. The molecule has 24 heavy (non-hydrogen) atoms. The molecule has 1 aliphatic carbocycles. The maximum Gasteiger partial charge on any atom is 0.245 e. The van der Waals surface area contributed by atoms with Gasteiger partial charge in [0.1, 0.15) is 17.3 Å². The normalized spacial score (nSPS) is 20.0. The Hall–Kier alpha value is -2.49. The van der Waals surface area contributed by atoms with Gasteiger partial charge in [0.05, 0.1) is 5.69 Å². The van der Waals surface area contributed by atoms with Crippen LogP contribution in [-0.2, 0) is 6.42 Å². The molecule has 0 amide bonds. The van der Waals surface area contributed by atoms with Crippen molar-refractivity contribution in [2.45, 2.75) is 38.5 Å². The van der Waals surface area contributed by atoms with Crippen LogP contribution in [0.25, 0.3) is 11.6 Å². The number of nitrogens with zero attached hydrogens (tertiary/aromatic N) is 2. The van der Waals surface area contributed by atoms with Crippen molar-refractivity contribution in [2.24, 2.45) is 0 Å². The van der Waals surface area contributed by atoms with E-state index in [1.807, 2.05) is 25.1 Å². The van der Waals surface area contributed by atoms with Gasteiger partial charge in [0.2, 0.25) is 5.89 Å². The lowest BCUT2D eigenvalue weighted by atomic mass is 9.79. The number of hydrogen-bond acceptors (Lipinski definition) is 3. The van der Waals surface area contributed by atoms with Crippen LogP contribution in [0.2, 0.25) is 0 Å². The van der Waals surface area contributed by atoms with E-state index in [1.165, 1.54) is 0 Å². The summed E-state index contributed by atoms with van der Waals surface area (Å²) >= 11 is 0. The zero-order chi connectivity index (χ0) is 16.7. The maximum atomic E-state index is 13.8. The molecular weight excluding hydrogens is 303 g/mol. The highest BCUT2D eigenvalue weighted by atomic mass is 19.1. The van der Waals surface area contributed by atoms with E-state index in [0.29, 0.717) is 5.89 Å². The minimum Gasteiger partial charge on any atom is -0.440 e. The highest BCUT2D eigenvalue weighted by Gasteiger charge is 2.31. The molecule has 2 aromatic heterocycles. The molecule has 4 heteroatoms. The number of oxazole rings is 1. The summed E-state index contributed by atoms with van der Waals surface area (Å²) in [5.41, 5.74) is 3.76. The van der Waals surface area contributed by atoms with Gasteiger partial charge in [-0.2, -0.15) is 0 Å². The van der Waals surface area contributed by atoms with Gasteiger partial charge in [-0.05, 0) is 54.7 Å². The molecule has 0 fully saturated rings. The van der Waals surface area contributed by atoms with Gasteiger partial charge in [-0.3, -0.25) is 4.98 Å². The lowest BCUT2D eigenvalue weighted by Crippen LogP contribution is -2.15. The fourth-order valence-electron chi connectivity index (χ4n) is 3.59. The number of benzene rings is 1. The van der Waals surface area contributed by atoms with Crippen molar-refractivity contribution in [3.8, 4) is 11.6 Å². The summed E-state index contributed by atoms with van der Waals surface area (Å²) in [6.45, 7) is 4.08. The molecular formula is C20H19FN2O. The second kappa shape index (κ2) is 5.86. The molecule has 4 rings (SSSR count). The van der Waals surface area contributed by atoms with Crippen molar-refractivity contribution in [2.75, 3.05) is 0 Å². The molecule has 0 aliphatic heterocycles. The van der Waals surface area contributed by atoms with Gasteiger partial charge in [-0.15, -0.1) is 0 Å². The monoisotopic (exact) mass is 322 g/mol. The Kier molecular flexibility index (Phi) is 3.68. The Bertz CT molecular complexity index is 852. The SMILES string of the molecule is Cc1cc(F)cc(C2Cc3oc(-c4ccccn4)nc3C(C)C2)c1. The number of aromatic nitrogens is 2. The molecule has 2 unspecified atom stereocenters. The number of aryl methyl sites for hydroxylation is 1. The van der Waals surface area contributed by atoms with E-state index >= 15 is 0 Å². The van der Waals surface area contributed by atoms with E-state index in [0.717, 1.165) is 41.1 Å². The van der Waals surface area contributed by atoms with Crippen molar-refractivity contribution in [1.29, 1.82) is 0 Å². The molecule has 0 saturated heterocycles. The van der Waals surface area contributed by atoms with Crippen LogP contribution in [0.15, 0.2) is 47.0 Å². The third-order valence-electron chi connectivity index (χ3n) is 4.68. The van der Waals surface area contributed by atoms with Gasteiger partial charge < -0.3 is 4.42 Å². The Morgan fingerprint density at radius 1 is 1.21 bits per heavy atom. The fourth-order valence-corrected chi connectivity index (χ4v) is 3.59. The van der Waals surface area contributed by atoms with Crippen LogP contribution in [0.4, 0.5) is 4.39 Å². The molecule has 1 aliphatic rings. The Balaban J connectivity index is 1.68. The second-order valence-corrected chi connectivity index (χ2v) is 6.64. The van der Waals surface area contributed by atoms with E-state index in [1.54, 1.807) is 18.3 Å². The fraction of sp³-hybridized carbons (Fsp3) is 0.300.